The minimum atomic E-state index is -0.709. The first-order valence-electron chi connectivity index (χ1n) is 9.92. The fourth-order valence-electron chi connectivity index (χ4n) is 3.67. The third kappa shape index (κ3) is 3.17. The maximum Gasteiger partial charge on any atom is 0.270 e. The number of rotatable bonds is 4. The average molecular weight is 439 g/mol. The van der Waals surface area contributed by atoms with Crippen molar-refractivity contribution in [3.05, 3.63) is 76.2 Å². The van der Waals surface area contributed by atoms with Gasteiger partial charge < -0.3 is 11.1 Å². The smallest absolute Gasteiger partial charge is 0.270 e. The minimum absolute atomic E-state index is 0.0354. The predicted octanol–water partition coefficient (Wildman–Crippen LogP) is 1.21. The highest BCUT2D eigenvalue weighted by molar-refractivity contribution is 6.04. The molecule has 0 saturated heterocycles. The van der Waals surface area contributed by atoms with E-state index in [2.05, 4.69) is 36.5 Å². The molecular weight excluding hydrogens is 422 g/mol. The quantitative estimate of drug-likeness (QED) is 0.356. The number of carbonyl (C=O) groups excluding carboxylic acids is 1. The summed E-state index contributed by atoms with van der Waals surface area (Å²) < 4.78 is 2.82. The number of nitrogens with one attached hydrogen (secondary N) is 2. The highest BCUT2D eigenvalue weighted by Gasteiger charge is 2.25. The third-order valence-corrected chi connectivity index (χ3v) is 5.16. The zero-order chi connectivity index (χ0) is 23.1. The summed E-state index contributed by atoms with van der Waals surface area (Å²) in [6.07, 6.45) is 8.70. The molecule has 162 valence electrons. The maximum atomic E-state index is 13.4. The van der Waals surface area contributed by atoms with E-state index in [4.69, 9.17) is 12.2 Å². The summed E-state index contributed by atoms with van der Waals surface area (Å²) in [6.45, 7) is 1.70. The highest BCUT2D eigenvalue weighted by Crippen LogP contribution is 2.21. The fraction of sp³-hybridized carbons (Fsp3) is 0.0909. The van der Waals surface area contributed by atoms with Crippen molar-refractivity contribution in [1.82, 2.24) is 39.7 Å². The van der Waals surface area contributed by atoms with Crippen LogP contribution < -0.4 is 16.6 Å². The van der Waals surface area contributed by atoms with E-state index in [1.165, 1.54) is 9.08 Å². The monoisotopic (exact) mass is 439 g/mol. The lowest BCUT2D eigenvalue weighted by Gasteiger charge is -2.18. The van der Waals surface area contributed by atoms with Crippen molar-refractivity contribution < 1.29 is 4.79 Å². The maximum absolute atomic E-state index is 13.4. The number of hydrogen-bond donors (Lipinski definition) is 3. The van der Waals surface area contributed by atoms with E-state index < -0.39 is 17.5 Å². The van der Waals surface area contributed by atoms with Gasteiger partial charge in [0.05, 0.1) is 11.7 Å². The Balaban J connectivity index is 1.63. The molecule has 4 heterocycles. The second-order valence-electron chi connectivity index (χ2n) is 7.23. The molecule has 0 aliphatic heterocycles. The number of hydrogen-bond acceptors (Lipinski definition) is 7. The lowest BCUT2D eigenvalue weighted by Crippen LogP contribution is -2.33. The van der Waals surface area contributed by atoms with E-state index >= 15 is 0 Å². The van der Waals surface area contributed by atoms with E-state index in [-0.39, 0.29) is 33.9 Å². The van der Waals surface area contributed by atoms with Crippen molar-refractivity contribution in [2.75, 3.05) is 5.73 Å². The van der Waals surface area contributed by atoms with Crippen LogP contribution in [0.2, 0.25) is 0 Å². The van der Waals surface area contributed by atoms with Crippen molar-refractivity contribution in [3.63, 3.8) is 0 Å². The minimum Gasteiger partial charge on any atom is -0.381 e. The lowest BCUT2D eigenvalue weighted by atomic mass is 10.2. The molecule has 5 rings (SSSR count). The van der Waals surface area contributed by atoms with Crippen LogP contribution in [0.4, 0.5) is 5.82 Å². The van der Waals surface area contributed by atoms with Crippen molar-refractivity contribution in [2.24, 2.45) is 0 Å². The van der Waals surface area contributed by atoms with Gasteiger partial charge in [-0.1, -0.05) is 18.2 Å². The largest absolute Gasteiger partial charge is 0.381 e. The molecule has 1 unspecified atom stereocenters. The normalized spacial score (nSPS) is 12.0. The molecule has 4 N–H and O–H groups in total. The molecule has 0 aliphatic rings. The molecule has 0 fully saturated rings. The summed E-state index contributed by atoms with van der Waals surface area (Å²) in [5.74, 6) is 2.22. The Bertz CT molecular complexity index is 1620. The van der Waals surface area contributed by atoms with Gasteiger partial charge in [-0.2, -0.15) is 5.10 Å². The summed E-state index contributed by atoms with van der Waals surface area (Å²) in [5.41, 5.74) is 6.97. The van der Waals surface area contributed by atoms with Gasteiger partial charge >= 0.3 is 0 Å². The molecule has 0 bridgehead atoms. The third-order valence-electron chi connectivity index (χ3n) is 5.16. The molecule has 5 aromatic rings. The number of aromatic nitrogens is 7. The van der Waals surface area contributed by atoms with Crippen LogP contribution in [0.3, 0.4) is 0 Å². The van der Waals surface area contributed by atoms with Gasteiger partial charge in [0.2, 0.25) is 0 Å². The Hall–Kier alpha value is -4.98. The van der Waals surface area contributed by atoms with E-state index in [9.17, 15) is 9.59 Å². The van der Waals surface area contributed by atoms with Gasteiger partial charge in [0.1, 0.15) is 22.5 Å². The highest BCUT2D eigenvalue weighted by atomic mass is 16.2. The van der Waals surface area contributed by atoms with E-state index in [0.29, 0.717) is 11.3 Å². The van der Waals surface area contributed by atoms with Crippen LogP contribution in [0, 0.1) is 12.3 Å². The first-order valence-corrected chi connectivity index (χ1v) is 9.92. The zero-order valence-electron chi connectivity index (χ0n) is 17.4. The van der Waals surface area contributed by atoms with Crippen LogP contribution in [-0.2, 0) is 0 Å². The molecule has 1 aromatic carbocycles. The molecule has 1 atom stereocenters. The van der Waals surface area contributed by atoms with Gasteiger partial charge in [-0.15, -0.1) is 11.5 Å². The first kappa shape index (κ1) is 20.0. The van der Waals surface area contributed by atoms with E-state index in [1.807, 2.05) is 6.07 Å². The summed E-state index contributed by atoms with van der Waals surface area (Å²) in [7, 11) is 0. The number of nitrogen functional groups attached to an aromatic ring is 1. The number of fused-ring (bicyclic) bond motifs is 2. The molecule has 33 heavy (non-hydrogen) atoms. The number of terminal acetylenes is 1. The van der Waals surface area contributed by atoms with Gasteiger partial charge in [0.25, 0.3) is 11.5 Å². The van der Waals surface area contributed by atoms with Gasteiger partial charge in [-0.05, 0) is 31.0 Å². The van der Waals surface area contributed by atoms with E-state index in [0.717, 1.165) is 0 Å². The number of aromatic amines is 1. The van der Waals surface area contributed by atoms with Gasteiger partial charge in [0, 0.05) is 12.4 Å². The Morgan fingerprint density at radius 1 is 1.27 bits per heavy atom. The topological polar surface area (TPSA) is 149 Å². The van der Waals surface area contributed by atoms with Crippen molar-refractivity contribution in [3.8, 4) is 18.0 Å². The van der Waals surface area contributed by atoms with Gasteiger partial charge in [-0.3, -0.25) is 19.3 Å². The van der Waals surface area contributed by atoms with Gasteiger partial charge in [-0.25, -0.2) is 14.5 Å². The number of nitrogens with two attached hydrogens (primary N) is 1. The molecule has 0 radical (unpaired) electrons. The Morgan fingerprint density at radius 3 is 2.82 bits per heavy atom. The average Bonchev–Trinajstić information content (AvgIpc) is 3.39. The van der Waals surface area contributed by atoms with Crippen LogP contribution in [-0.4, -0.2) is 40.3 Å². The van der Waals surface area contributed by atoms with Crippen molar-refractivity contribution in [1.29, 1.82) is 0 Å². The Morgan fingerprint density at radius 2 is 2.06 bits per heavy atom. The SMILES string of the molecule is C#Cc1[nH]nc2nc(C(C)NC(=O)c3c(N)nn4cccnc34)n(-c3ccccc3)c(=O)c12. The fourth-order valence-corrected chi connectivity index (χ4v) is 3.67. The Kier molecular flexibility index (Phi) is 4.60. The summed E-state index contributed by atoms with van der Waals surface area (Å²) in [4.78, 5) is 35.3. The second-order valence-corrected chi connectivity index (χ2v) is 7.23. The standard InChI is InChI=1S/C22H17N9O2/c1-3-14-15-18(28-27-14)26-19(31(22(15)33)13-8-5-4-6-9-13)12(2)25-21(32)16-17(23)29-30-11-7-10-24-20(16)30/h1,4-12H,2H3,(H2,23,29)(H,25,32)(H,27,28). The number of nitrogens with zero attached hydrogens (tertiary/aromatic N) is 6. The number of amides is 1. The second kappa shape index (κ2) is 7.61. The molecular formula is C22H17N9O2. The number of anilines is 1. The van der Waals surface area contributed by atoms with Crippen molar-refractivity contribution in [2.45, 2.75) is 13.0 Å². The van der Waals surface area contributed by atoms with Crippen LogP contribution in [0.25, 0.3) is 22.4 Å². The predicted molar refractivity (Wildman–Crippen MR) is 121 cm³/mol. The number of carbonyl (C=O) groups is 1. The van der Waals surface area contributed by atoms with Crippen molar-refractivity contribution >= 4 is 28.4 Å². The van der Waals surface area contributed by atoms with Crippen LogP contribution in [0.15, 0.2) is 53.6 Å². The summed E-state index contributed by atoms with van der Waals surface area (Å²) >= 11 is 0. The zero-order valence-corrected chi connectivity index (χ0v) is 17.4. The summed E-state index contributed by atoms with van der Waals surface area (Å²) in [6, 6.07) is 9.90. The molecule has 11 nitrogen and oxygen atoms in total. The van der Waals surface area contributed by atoms with Crippen LogP contribution in [0.1, 0.15) is 34.8 Å². The molecule has 0 saturated carbocycles. The number of H-pyrrole nitrogens is 1. The molecule has 11 heteroatoms. The number of benzene rings is 1. The summed E-state index contributed by atoms with van der Waals surface area (Å²) in [5, 5.41) is 13.9. The first-order chi connectivity index (χ1) is 16.0. The molecule has 0 aliphatic carbocycles. The van der Waals surface area contributed by atoms with Gasteiger partial charge in [0.15, 0.2) is 17.1 Å². The number of para-hydroxylation sites is 1. The molecule has 1 amide bonds. The molecule has 0 spiro atoms. The lowest BCUT2D eigenvalue weighted by molar-refractivity contribution is 0.0940. The van der Waals surface area contributed by atoms with Crippen LogP contribution >= 0.6 is 0 Å². The molecule has 4 aromatic heterocycles. The Labute approximate surface area is 186 Å². The van der Waals surface area contributed by atoms with Crippen LogP contribution in [0.5, 0.6) is 0 Å². The van der Waals surface area contributed by atoms with E-state index in [1.54, 1.807) is 49.6 Å².